The van der Waals surface area contributed by atoms with Gasteiger partial charge in [0.1, 0.15) is 5.01 Å². The van der Waals surface area contributed by atoms with Gasteiger partial charge in [0, 0.05) is 17.1 Å². The van der Waals surface area contributed by atoms with Gasteiger partial charge in [0.25, 0.3) is 0 Å². The molecular weight excluding hydrogens is 204 g/mol. The molecule has 0 saturated heterocycles. The van der Waals surface area contributed by atoms with Gasteiger partial charge < -0.3 is 5.32 Å². The summed E-state index contributed by atoms with van der Waals surface area (Å²) in [4.78, 5) is 4.57. The first kappa shape index (κ1) is 11.1. The lowest BCUT2D eigenvalue weighted by molar-refractivity contribution is 0.413. The Morgan fingerprint density at radius 3 is 2.80 bits per heavy atom. The minimum absolute atomic E-state index is 0.458. The highest BCUT2D eigenvalue weighted by Gasteiger charge is 2.29. The van der Waals surface area contributed by atoms with E-state index in [4.69, 9.17) is 0 Å². The molecule has 0 aliphatic heterocycles. The van der Waals surface area contributed by atoms with E-state index in [1.54, 1.807) is 11.3 Å². The Labute approximate surface area is 96.1 Å². The molecule has 0 aromatic carbocycles. The smallest absolute Gasteiger partial charge is 0.110 e. The summed E-state index contributed by atoms with van der Waals surface area (Å²) in [6, 6.07) is 1.11. The van der Waals surface area contributed by atoms with Crippen LogP contribution in [0.2, 0.25) is 0 Å². The van der Waals surface area contributed by atoms with E-state index in [9.17, 15) is 0 Å². The number of thiazole rings is 1. The second kappa shape index (κ2) is 4.62. The molecule has 1 heterocycles. The first-order chi connectivity index (χ1) is 7.20. The third-order valence-corrected chi connectivity index (χ3v) is 4.21. The van der Waals surface area contributed by atoms with E-state index in [1.165, 1.54) is 17.8 Å². The maximum Gasteiger partial charge on any atom is 0.110 e. The van der Waals surface area contributed by atoms with Crippen LogP contribution in [-0.2, 0) is 0 Å². The van der Waals surface area contributed by atoms with E-state index in [1.807, 2.05) is 0 Å². The highest BCUT2D eigenvalue weighted by atomic mass is 32.1. The number of nitrogens with one attached hydrogen (secondary N) is 1. The number of hydrogen-bond donors (Lipinski definition) is 1. The van der Waals surface area contributed by atoms with Crippen LogP contribution in [0.1, 0.15) is 49.9 Å². The molecule has 1 aliphatic carbocycles. The fraction of sp³-hybridized carbons (Fsp3) is 0.750. The number of aryl methyl sites for hydroxylation is 1. The molecule has 0 bridgehead atoms. The van der Waals surface area contributed by atoms with Crippen LogP contribution < -0.4 is 5.32 Å². The molecule has 1 N–H and O–H groups in total. The van der Waals surface area contributed by atoms with Crippen molar-refractivity contribution in [3.8, 4) is 0 Å². The summed E-state index contributed by atoms with van der Waals surface area (Å²) < 4.78 is 0. The molecular formula is C12H20N2S. The van der Waals surface area contributed by atoms with Crippen LogP contribution in [0, 0.1) is 12.8 Å². The zero-order chi connectivity index (χ0) is 10.8. The van der Waals surface area contributed by atoms with Gasteiger partial charge >= 0.3 is 0 Å². The van der Waals surface area contributed by atoms with Gasteiger partial charge in [0.15, 0.2) is 0 Å². The minimum Gasteiger partial charge on any atom is -0.305 e. The maximum absolute atomic E-state index is 4.57. The van der Waals surface area contributed by atoms with Crippen molar-refractivity contribution in [1.82, 2.24) is 10.3 Å². The molecule has 84 valence electrons. The molecule has 1 aliphatic rings. The van der Waals surface area contributed by atoms with Crippen molar-refractivity contribution < 1.29 is 0 Å². The molecule has 0 amide bonds. The van der Waals surface area contributed by atoms with Gasteiger partial charge in [-0.05, 0) is 39.0 Å². The molecule has 2 unspecified atom stereocenters. The lowest BCUT2D eigenvalue weighted by Crippen LogP contribution is -2.31. The number of nitrogens with zero attached hydrogens (tertiary/aromatic N) is 1. The van der Waals surface area contributed by atoms with Gasteiger partial charge in [-0.25, -0.2) is 4.98 Å². The van der Waals surface area contributed by atoms with Gasteiger partial charge in [0.05, 0.1) is 6.04 Å². The van der Waals surface area contributed by atoms with Crippen LogP contribution >= 0.6 is 11.3 Å². The van der Waals surface area contributed by atoms with Crippen LogP contribution in [0.15, 0.2) is 5.38 Å². The predicted octanol–water partition coefficient (Wildman–Crippen LogP) is 3.29. The second-order valence-electron chi connectivity index (χ2n) is 4.58. The van der Waals surface area contributed by atoms with E-state index in [0.717, 1.165) is 18.0 Å². The van der Waals surface area contributed by atoms with E-state index >= 15 is 0 Å². The largest absolute Gasteiger partial charge is 0.305 e. The molecule has 2 atom stereocenters. The fourth-order valence-electron chi connectivity index (χ4n) is 1.95. The molecule has 0 spiro atoms. The Balaban J connectivity index is 1.97. The van der Waals surface area contributed by atoms with Crippen molar-refractivity contribution in [1.29, 1.82) is 0 Å². The zero-order valence-electron chi connectivity index (χ0n) is 9.79. The third-order valence-electron chi connectivity index (χ3n) is 3.14. The molecule has 0 radical (unpaired) electrons. The van der Waals surface area contributed by atoms with Crippen LogP contribution in [0.4, 0.5) is 0 Å². The molecule has 2 rings (SSSR count). The normalized spacial score (nSPS) is 20.2. The van der Waals surface area contributed by atoms with Crippen molar-refractivity contribution in [2.45, 2.75) is 52.1 Å². The summed E-state index contributed by atoms with van der Waals surface area (Å²) in [5.41, 5.74) is 1.15. The van der Waals surface area contributed by atoms with Crippen LogP contribution in [0.5, 0.6) is 0 Å². The predicted molar refractivity (Wildman–Crippen MR) is 65.2 cm³/mol. The van der Waals surface area contributed by atoms with Crippen LogP contribution in [-0.4, -0.2) is 11.0 Å². The van der Waals surface area contributed by atoms with Gasteiger partial charge in [-0.3, -0.25) is 0 Å². The van der Waals surface area contributed by atoms with Crippen molar-refractivity contribution in [3.05, 3.63) is 16.1 Å². The summed E-state index contributed by atoms with van der Waals surface area (Å²) in [6.07, 6.45) is 3.94. The lowest BCUT2D eigenvalue weighted by Gasteiger charge is -2.20. The first-order valence-electron chi connectivity index (χ1n) is 5.88. The fourth-order valence-corrected chi connectivity index (χ4v) is 2.89. The minimum atomic E-state index is 0.458. The van der Waals surface area contributed by atoms with E-state index < -0.39 is 0 Å². The van der Waals surface area contributed by atoms with Crippen molar-refractivity contribution in [2.24, 2.45) is 5.92 Å². The van der Waals surface area contributed by atoms with E-state index in [0.29, 0.717) is 12.1 Å². The van der Waals surface area contributed by atoms with Crippen LogP contribution in [0.3, 0.4) is 0 Å². The third kappa shape index (κ3) is 2.79. The number of aromatic nitrogens is 1. The van der Waals surface area contributed by atoms with Crippen LogP contribution in [0.25, 0.3) is 0 Å². The summed E-state index contributed by atoms with van der Waals surface area (Å²) in [5.74, 6) is 0.917. The highest BCUT2D eigenvalue weighted by Crippen LogP contribution is 2.34. The van der Waals surface area contributed by atoms with E-state index in [2.05, 4.69) is 36.5 Å². The Kier molecular flexibility index (Phi) is 3.42. The molecule has 3 heteroatoms. The highest BCUT2D eigenvalue weighted by molar-refractivity contribution is 7.09. The van der Waals surface area contributed by atoms with Gasteiger partial charge in [-0.15, -0.1) is 11.3 Å². The topological polar surface area (TPSA) is 24.9 Å². The molecule has 1 fully saturated rings. The standard InChI is InChI=1S/C12H20N2S/c1-4-11(12-13-8(2)7-15-12)14-9(3)10-5-6-10/h7,9-11,14H,4-6H2,1-3H3. The molecule has 1 aromatic rings. The Morgan fingerprint density at radius 2 is 2.33 bits per heavy atom. The molecule has 2 nitrogen and oxygen atoms in total. The molecule has 15 heavy (non-hydrogen) atoms. The van der Waals surface area contributed by atoms with E-state index in [-0.39, 0.29) is 0 Å². The summed E-state index contributed by atoms with van der Waals surface area (Å²) in [6.45, 7) is 6.60. The average molecular weight is 224 g/mol. The summed E-state index contributed by atoms with van der Waals surface area (Å²) >= 11 is 1.78. The second-order valence-corrected chi connectivity index (χ2v) is 5.47. The van der Waals surface area contributed by atoms with Gasteiger partial charge in [-0.1, -0.05) is 6.92 Å². The Bertz CT molecular complexity index is 317. The van der Waals surface area contributed by atoms with Crippen molar-refractivity contribution >= 4 is 11.3 Å². The summed E-state index contributed by atoms with van der Waals surface area (Å²) in [7, 11) is 0. The Morgan fingerprint density at radius 1 is 1.60 bits per heavy atom. The monoisotopic (exact) mass is 224 g/mol. The zero-order valence-corrected chi connectivity index (χ0v) is 10.6. The SMILES string of the molecule is CCC(NC(C)C1CC1)c1nc(C)cs1. The summed E-state index contributed by atoms with van der Waals surface area (Å²) in [5, 5.41) is 7.10. The van der Waals surface area contributed by atoms with Gasteiger partial charge in [-0.2, -0.15) is 0 Å². The molecule has 1 saturated carbocycles. The Hall–Kier alpha value is -0.410. The number of rotatable bonds is 5. The van der Waals surface area contributed by atoms with Crippen molar-refractivity contribution in [2.75, 3.05) is 0 Å². The lowest BCUT2D eigenvalue weighted by atomic mass is 10.1. The number of hydrogen-bond acceptors (Lipinski definition) is 3. The first-order valence-corrected chi connectivity index (χ1v) is 6.76. The molecule has 1 aromatic heterocycles. The van der Waals surface area contributed by atoms with Crippen molar-refractivity contribution in [3.63, 3.8) is 0 Å². The maximum atomic E-state index is 4.57. The average Bonchev–Trinajstić information content (AvgIpc) is 2.98. The van der Waals surface area contributed by atoms with Gasteiger partial charge in [0.2, 0.25) is 0 Å². The quantitative estimate of drug-likeness (QED) is 0.830.